The van der Waals surface area contributed by atoms with Gasteiger partial charge in [0.2, 0.25) is 0 Å². The van der Waals surface area contributed by atoms with Crippen molar-refractivity contribution in [3.05, 3.63) is 61.7 Å². The Hall–Kier alpha value is -3.94. The number of carbonyl (C=O) groups excluding carboxylic acids is 4. The molecular weight excluding hydrogens is 512 g/mol. The number of fused-ring (bicyclic) bond motifs is 1. The van der Waals surface area contributed by atoms with Crippen LogP contribution >= 0.6 is 0 Å². The fourth-order valence-corrected chi connectivity index (χ4v) is 5.38. The van der Waals surface area contributed by atoms with Crippen molar-refractivity contribution in [1.82, 2.24) is 0 Å². The van der Waals surface area contributed by atoms with Crippen molar-refractivity contribution >= 4 is 34.6 Å². The fourth-order valence-electron chi connectivity index (χ4n) is 5.38. The van der Waals surface area contributed by atoms with Crippen molar-refractivity contribution in [3.63, 3.8) is 0 Å². The Balaban J connectivity index is 1.24. The number of hydrogen-bond acceptors (Lipinski definition) is 8. The molecule has 2 aromatic carbocycles. The lowest BCUT2D eigenvalue weighted by molar-refractivity contribution is -0.143. The van der Waals surface area contributed by atoms with Gasteiger partial charge in [-0.15, -0.1) is 0 Å². The first-order chi connectivity index (χ1) is 19.3. The lowest BCUT2D eigenvalue weighted by atomic mass is 9.82. The summed E-state index contributed by atoms with van der Waals surface area (Å²) in [5.74, 6) is -0.261. The monoisotopic (exact) mass is 548 g/mol. The summed E-state index contributed by atoms with van der Waals surface area (Å²) in [6.07, 6.45) is 8.30. The molecule has 2 aromatic rings. The average molecular weight is 549 g/mol. The van der Waals surface area contributed by atoms with E-state index in [2.05, 4.69) is 13.2 Å². The standard InChI is InChI=1S/C32H36O8/c1-3-29(33)37-19-21-5-9-23(10-6-21)31(35)39-27-15-13-26-18-28(16-14-25(26)17-27)40-32(36)24-11-7-22(8-12-24)20-38-30(34)4-2/h3-4,13-18,21-24H,1-2,5-12,19-20H2. The highest BCUT2D eigenvalue weighted by Crippen LogP contribution is 2.33. The van der Waals surface area contributed by atoms with Crippen LogP contribution < -0.4 is 9.47 Å². The number of carbonyl (C=O) groups is 4. The molecule has 0 unspecified atom stereocenters. The Morgan fingerprint density at radius 3 is 1.35 bits per heavy atom. The molecule has 0 heterocycles. The first-order valence-electron chi connectivity index (χ1n) is 13.9. The van der Waals surface area contributed by atoms with E-state index in [9.17, 15) is 19.2 Å². The molecule has 40 heavy (non-hydrogen) atoms. The number of esters is 4. The van der Waals surface area contributed by atoms with E-state index in [1.165, 1.54) is 0 Å². The van der Waals surface area contributed by atoms with Gasteiger partial charge in [-0.05, 0) is 98.2 Å². The molecule has 0 spiro atoms. The molecule has 8 heteroatoms. The zero-order valence-electron chi connectivity index (χ0n) is 22.7. The zero-order chi connectivity index (χ0) is 28.5. The predicted octanol–water partition coefficient (Wildman–Crippen LogP) is 5.72. The summed E-state index contributed by atoms with van der Waals surface area (Å²) in [4.78, 5) is 48.0. The van der Waals surface area contributed by atoms with Crippen molar-refractivity contribution in [2.45, 2.75) is 51.4 Å². The van der Waals surface area contributed by atoms with E-state index >= 15 is 0 Å². The maximum absolute atomic E-state index is 12.7. The first-order valence-corrected chi connectivity index (χ1v) is 13.9. The van der Waals surface area contributed by atoms with Crippen LogP contribution in [-0.2, 0) is 28.7 Å². The summed E-state index contributed by atoms with van der Waals surface area (Å²) in [6, 6.07) is 10.8. The van der Waals surface area contributed by atoms with E-state index < -0.39 is 11.9 Å². The lowest BCUT2D eigenvalue weighted by Gasteiger charge is -2.26. The Labute approximate surface area is 234 Å². The van der Waals surface area contributed by atoms with Crippen molar-refractivity contribution in [1.29, 1.82) is 0 Å². The highest BCUT2D eigenvalue weighted by atomic mass is 16.5. The number of rotatable bonds is 10. The third-order valence-corrected chi connectivity index (χ3v) is 7.84. The van der Waals surface area contributed by atoms with Crippen LogP contribution in [0.15, 0.2) is 61.7 Å². The molecular formula is C32H36O8. The maximum Gasteiger partial charge on any atom is 0.330 e. The smallest absolute Gasteiger partial charge is 0.330 e. The van der Waals surface area contributed by atoms with Crippen LogP contribution in [0.5, 0.6) is 11.5 Å². The summed E-state index contributed by atoms with van der Waals surface area (Å²) in [7, 11) is 0. The van der Waals surface area contributed by atoms with E-state index in [0.717, 1.165) is 48.6 Å². The topological polar surface area (TPSA) is 105 Å². The second kappa shape index (κ2) is 13.9. The number of benzene rings is 2. The average Bonchev–Trinajstić information content (AvgIpc) is 2.99. The van der Waals surface area contributed by atoms with Gasteiger partial charge in [-0.1, -0.05) is 25.3 Å². The SMILES string of the molecule is C=CC(=O)OCC1CCC(C(=O)Oc2ccc3cc(OC(=O)C4CCC(COC(=O)C=C)CC4)ccc3c2)CC1. The summed E-state index contributed by atoms with van der Waals surface area (Å²) in [5, 5.41) is 1.74. The van der Waals surface area contributed by atoms with Gasteiger partial charge in [0.05, 0.1) is 25.0 Å². The highest BCUT2D eigenvalue weighted by molar-refractivity contribution is 5.87. The highest BCUT2D eigenvalue weighted by Gasteiger charge is 2.29. The van der Waals surface area contributed by atoms with E-state index in [1.807, 2.05) is 12.1 Å². The van der Waals surface area contributed by atoms with Gasteiger partial charge < -0.3 is 18.9 Å². The predicted molar refractivity (Wildman–Crippen MR) is 148 cm³/mol. The summed E-state index contributed by atoms with van der Waals surface area (Å²) in [5.41, 5.74) is 0. The number of ether oxygens (including phenoxy) is 4. The fraction of sp³-hybridized carbons (Fsp3) is 0.438. The van der Waals surface area contributed by atoms with E-state index in [4.69, 9.17) is 18.9 Å². The molecule has 0 aromatic heterocycles. The van der Waals surface area contributed by atoms with Gasteiger partial charge in [0.1, 0.15) is 11.5 Å². The molecule has 2 aliphatic rings. The third kappa shape index (κ3) is 8.04. The molecule has 0 amide bonds. The molecule has 212 valence electrons. The Bertz CT molecular complexity index is 1150. The van der Waals surface area contributed by atoms with Crippen molar-refractivity contribution in [3.8, 4) is 11.5 Å². The Morgan fingerprint density at radius 1 is 0.625 bits per heavy atom. The second-order valence-corrected chi connectivity index (χ2v) is 10.6. The van der Waals surface area contributed by atoms with Crippen molar-refractivity contribution < 1.29 is 38.1 Å². The minimum absolute atomic E-state index is 0.180. The largest absolute Gasteiger partial charge is 0.462 e. The molecule has 0 bridgehead atoms. The van der Waals surface area contributed by atoms with Gasteiger partial charge in [0, 0.05) is 12.2 Å². The zero-order valence-corrected chi connectivity index (χ0v) is 22.7. The molecule has 0 N–H and O–H groups in total. The quantitative estimate of drug-likeness (QED) is 0.211. The summed E-state index contributed by atoms with van der Waals surface area (Å²) in [6.45, 7) is 7.50. The van der Waals surface area contributed by atoms with Gasteiger partial charge >= 0.3 is 23.9 Å². The molecule has 0 radical (unpaired) electrons. The van der Waals surface area contributed by atoms with Crippen LogP contribution in [-0.4, -0.2) is 37.1 Å². The Kier molecular flexibility index (Phi) is 10.1. The van der Waals surface area contributed by atoms with Crippen LogP contribution in [0.3, 0.4) is 0 Å². The Morgan fingerprint density at radius 2 is 1.00 bits per heavy atom. The molecule has 0 atom stereocenters. The maximum atomic E-state index is 12.7. The molecule has 8 nitrogen and oxygen atoms in total. The minimum Gasteiger partial charge on any atom is -0.462 e. The van der Waals surface area contributed by atoms with E-state index in [0.29, 0.717) is 50.4 Å². The molecule has 4 rings (SSSR count). The third-order valence-electron chi connectivity index (χ3n) is 7.84. The van der Waals surface area contributed by atoms with Gasteiger partial charge in [-0.3, -0.25) is 9.59 Å². The van der Waals surface area contributed by atoms with Crippen LogP contribution in [0.25, 0.3) is 10.8 Å². The van der Waals surface area contributed by atoms with E-state index in [-0.39, 0.29) is 35.6 Å². The van der Waals surface area contributed by atoms with Gasteiger partial charge in [-0.2, -0.15) is 0 Å². The van der Waals surface area contributed by atoms with Gasteiger partial charge in [-0.25, -0.2) is 9.59 Å². The molecule has 2 fully saturated rings. The van der Waals surface area contributed by atoms with Crippen molar-refractivity contribution in [2.24, 2.45) is 23.7 Å². The molecule has 0 saturated heterocycles. The number of hydrogen-bond donors (Lipinski definition) is 0. The minimum atomic E-state index is -0.424. The van der Waals surface area contributed by atoms with Gasteiger partial charge in [0.15, 0.2) is 0 Å². The van der Waals surface area contributed by atoms with E-state index in [1.54, 1.807) is 24.3 Å². The molecule has 0 aliphatic heterocycles. The normalized spacial score (nSPS) is 22.5. The van der Waals surface area contributed by atoms with Crippen LogP contribution in [0.4, 0.5) is 0 Å². The lowest BCUT2D eigenvalue weighted by Crippen LogP contribution is -2.27. The van der Waals surface area contributed by atoms with Crippen LogP contribution in [0, 0.1) is 23.7 Å². The van der Waals surface area contributed by atoms with Crippen molar-refractivity contribution in [2.75, 3.05) is 13.2 Å². The summed E-state index contributed by atoms with van der Waals surface area (Å²) < 4.78 is 21.6. The van der Waals surface area contributed by atoms with Gasteiger partial charge in [0.25, 0.3) is 0 Å². The second-order valence-electron chi connectivity index (χ2n) is 10.6. The summed E-state index contributed by atoms with van der Waals surface area (Å²) >= 11 is 0. The first kappa shape index (κ1) is 29.1. The van der Waals surface area contributed by atoms with Crippen LogP contribution in [0.1, 0.15) is 51.4 Å². The molecule has 2 saturated carbocycles. The molecule has 2 aliphatic carbocycles. The van der Waals surface area contributed by atoms with Crippen LogP contribution in [0.2, 0.25) is 0 Å².